The second-order valence-electron chi connectivity index (χ2n) is 3.75. The fourth-order valence-corrected chi connectivity index (χ4v) is 1.32. The molecule has 0 unspecified atom stereocenters. The lowest BCUT2D eigenvalue weighted by molar-refractivity contribution is 0.318. The SMILES string of the molecule is C=C(C)CNCc1cccc(/C(N)=N/O)c1. The highest BCUT2D eigenvalue weighted by atomic mass is 16.4. The van der Waals surface area contributed by atoms with Crippen molar-refractivity contribution in [2.45, 2.75) is 13.5 Å². The number of benzene rings is 1. The maximum Gasteiger partial charge on any atom is 0.170 e. The molecule has 0 saturated carbocycles. The second kappa shape index (κ2) is 5.92. The molecule has 4 N–H and O–H groups in total. The van der Waals surface area contributed by atoms with Gasteiger partial charge in [0.1, 0.15) is 0 Å². The summed E-state index contributed by atoms with van der Waals surface area (Å²) in [6.45, 7) is 7.30. The van der Waals surface area contributed by atoms with Gasteiger partial charge in [-0.15, -0.1) is 0 Å². The number of amidine groups is 1. The van der Waals surface area contributed by atoms with E-state index in [1.807, 2.05) is 25.1 Å². The first-order chi connectivity index (χ1) is 7.63. The largest absolute Gasteiger partial charge is 0.409 e. The van der Waals surface area contributed by atoms with Crippen molar-refractivity contribution < 1.29 is 5.21 Å². The van der Waals surface area contributed by atoms with Gasteiger partial charge in [-0.05, 0) is 18.6 Å². The number of nitrogens with zero attached hydrogens (tertiary/aromatic N) is 1. The Bertz CT molecular complexity index is 399. The summed E-state index contributed by atoms with van der Waals surface area (Å²) in [4.78, 5) is 0. The molecular weight excluding hydrogens is 202 g/mol. The van der Waals surface area contributed by atoms with Crippen LogP contribution >= 0.6 is 0 Å². The molecule has 0 aliphatic rings. The summed E-state index contributed by atoms with van der Waals surface area (Å²) < 4.78 is 0. The highest BCUT2D eigenvalue weighted by Gasteiger charge is 2.00. The van der Waals surface area contributed by atoms with Gasteiger partial charge in [-0.1, -0.05) is 35.5 Å². The first-order valence-electron chi connectivity index (χ1n) is 5.05. The van der Waals surface area contributed by atoms with E-state index in [4.69, 9.17) is 10.9 Å². The van der Waals surface area contributed by atoms with Crippen molar-refractivity contribution in [3.63, 3.8) is 0 Å². The molecule has 0 aliphatic heterocycles. The van der Waals surface area contributed by atoms with Crippen LogP contribution < -0.4 is 11.1 Å². The zero-order valence-corrected chi connectivity index (χ0v) is 9.40. The molecule has 1 aromatic carbocycles. The van der Waals surface area contributed by atoms with Crippen LogP contribution in [-0.4, -0.2) is 17.6 Å². The molecule has 0 aliphatic carbocycles. The van der Waals surface area contributed by atoms with Crippen LogP contribution in [0.5, 0.6) is 0 Å². The van der Waals surface area contributed by atoms with Gasteiger partial charge in [0, 0.05) is 18.7 Å². The highest BCUT2D eigenvalue weighted by molar-refractivity contribution is 5.97. The van der Waals surface area contributed by atoms with E-state index in [2.05, 4.69) is 17.1 Å². The van der Waals surface area contributed by atoms with Crippen molar-refractivity contribution in [3.05, 3.63) is 47.5 Å². The lowest BCUT2D eigenvalue weighted by Crippen LogP contribution is -2.17. The summed E-state index contributed by atoms with van der Waals surface area (Å²) in [6, 6.07) is 7.56. The van der Waals surface area contributed by atoms with E-state index < -0.39 is 0 Å². The van der Waals surface area contributed by atoms with Crippen LogP contribution in [0.1, 0.15) is 18.1 Å². The molecule has 4 nitrogen and oxygen atoms in total. The summed E-state index contributed by atoms with van der Waals surface area (Å²) >= 11 is 0. The normalized spacial score (nSPS) is 11.4. The maximum atomic E-state index is 8.56. The van der Waals surface area contributed by atoms with Gasteiger partial charge in [0.15, 0.2) is 5.84 Å². The molecule has 0 atom stereocenters. The van der Waals surface area contributed by atoms with E-state index >= 15 is 0 Å². The average Bonchev–Trinajstić information content (AvgIpc) is 2.28. The Morgan fingerprint density at radius 3 is 2.94 bits per heavy atom. The molecule has 0 bridgehead atoms. The fraction of sp³-hybridized carbons (Fsp3) is 0.250. The fourth-order valence-electron chi connectivity index (χ4n) is 1.32. The van der Waals surface area contributed by atoms with E-state index in [0.717, 1.165) is 29.8 Å². The molecule has 0 amide bonds. The summed E-state index contributed by atoms with van der Waals surface area (Å²) in [5, 5.41) is 14.8. The average molecular weight is 219 g/mol. The van der Waals surface area contributed by atoms with Gasteiger partial charge in [0.05, 0.1) is 0 Å². The van der Waals surface area contributed by atoms with E-state index in [0.29, 0.717) is 0 Å². The molecule has 1 aromatic rings. The number of rotatable bonds is 5. The van der Waals surface area contributed by atoms with Gasteiger partial charge in [-0.2, -0.15) is 0 Å². The van der Waals surface area contributed by atoms with Crippen molar-refractivity contribution in [1.29, 1.82) is 0 Å². The van der Waals surface area contributed by atoms with Crippen LogP contribution in [-0.2, 0) is 6.54 Å². The van der Waals surface area contributed by atoms with Crippen molar-refractivity contribution in [2.75, 3.05) is 6.54 Å². The lowest BCUT2D eigenvalue weighted by atomic mass is 10.1. The summed E-state index contributed by atoms with van der Waals surface area (Å²) in [7, 11) is 0. The topological polar surface area (TPSA) is 70.6 Å². The Kier molecular flexibility index (Phi) is 4.54. The minimum atomic E-state index is 0.127. The zero-order chi connectivity index (χ0) is 12.0. The Hall–Kier alpha value is -1.81. The smallest absolute Gasteiger partial charge is 0.170 e. The molecule has 4 heteroatoms. The monoisotopic (exact) mass is 219 g/mol. The number of oxime groups is 1. The standard InChI is InChI=1S/C12H17N3O/c1-9(2)7-14-8-10-4-3-5-11(6-10)12(13)15-16/h3-6,14,16H,1,7-8H2,2H3,(H2,13,15). The molecule has 0 fully saturated rings. The minimum Gasteiger partial charge on any atom is -0.409 e. The number of nitrogens with two attached hydrogens (primary N) is 1. The zero-order valence-electron chi connectivity index (χ0n) is 9.40. The summed E-state index contributed by atoms with van der Waals surface area (Å²) in [6.07, 6.45) is 0. The van der Waals surface area contributed by atoms with Crippen molar-refractivity contribution in [1.82, 2.24) is 5.32 Å². The second-order valence-corrected chi connectivity index (χ2v) is 3.75. The molecule has 0 aromatic heterocycles. The predicted molar refractivity (Wildman–Crippen MR) is 65.5 cm³/mol. The predicted octanol–water partition coefficient (Wildman–Crippen LogP) is 1.45. The Morgan fingerprint density at radius 2 is 2.31 bits per heavy atom. The Balaban J connectivity index is 2.64. The van der Waals surface area contributed by atoms with Crippen LogP contribution in [0.2, 0.25) is 0 Å². The van der Waals surface area contributed by atoms with Crippen molar-refractivity contribution in [2.24, 2.45) is 10.9 Å². The van der Waals surface area contributed by atoms with E-state index in [9.17, 15) is 0 Å². The van der Waals surface area contributed by atoms with Gasteiger partial charge in [-0.3, -0.25) is 0 Å². The third-order valence-corrected chi connectivity index (χ3v) is 2.09. The quantitative estimate of drug-likeness (QED) is 0.231. The molecule has 0 saturated heterocycles. The van der Waals surface area contributed by atoms with Crippen LogP contribution in [0.15, 0.2) is 41.6 Å². The van der Waals surface area contributed by atoms with E-state index in [-0.39, 0.29) is 5.84 Å². The van der Waals surface area contributed by atoms with Gasteiger partial charge in [0.25, 0.3) is 0 Å². The molecular formula is C12H17N3O. The first kappa shape index (κ1) is 12.3. The number of hydrogen-bond donors (Lipinski definition) is 3. The van der Waals surface area contributed by atoms with E-state index in [1.54, 1.807) is 6.07 Å². The van der Waals surface area contributed by atoms with Crippen molar-refractivity contribution >= 4 is 5.84 Å². The van der Waals surface area contributed by atoms with Gasteiger partial charge >= 0.3 is 0 Å². The Labute approximate surface area is 95.5 Å². The Morgan fingerprint density at radius 1 is 1.56 bits per heavy atom. The molecule has 1 rings (SSSR count). The highest BCUT2D eigenvalue weighted by Crippen LogP contribution is 2.05. The molecule has 0 spiro atoms. The summed E-state index contributed by atoms with van der Waals surface area (Å²) in [5.41, 5.74) is 8.40. The maximum absolute atomic E-state index is 8.56. The third-order valence-electron chi connectivity index (χ3n) is 2.09. The lowest BCUT2D eigenvalue weighted by Gasteiger charge is -2.06. The molecule has 0 radical (unpaired) electrons. The molecule has 16 heavy (non-hydrogen) atoms. The van der Waals surface area contributed by atoms with Crippen molar-refractivity contribution in [3.8, 4) is 0 Å². The van der Waals surface area contributed by atoms with Crippen LogP contribution in [0.25, 0.3) is 0 Å². The molecule has 0 heterocycles. The minimum absolute atomic E-state index is 0.127. The van der Waals surface area contributed by atoms with Gasteiger partial charge in [-0.25, -0.2) is 0 Å². The van der Waals surface area contributed by atoms with Crippen LogP contribution in [0.4, 0.5) is 0 Å². The number of nitrogens with one attached hydrogen (secondary N) is 1. The first-order valence-corrected chi connectivity index (χ1v) is 5.05. The van der Waals surface area contributed by atoms with E-state index in [1.165, 1.54) is 0 Å². The van der Waals surface area contributed by atoms with Crippen LogP contribution in [0, 0.1) is 0 Å². The third kappa shape index (κ3) is 3.74. The van der Waals surface area contributed by atoms with Crippen LogP contribution in [0.3, 0.4) is 0 Å². The molecule has 86 valence electrons. The van der Waals surface area contributed by atoms with Gasteiger partial charge in [0.2, 0.25) is 0 Å². The number of hydrogen-bond acceptors (Lipinski definition) is 3. The van der Waals surface area contributed by atoms with Gasteiger partial charge < -0.3 is 16.3 Å². The summed E-state index contributed by atoms with van der Waals surface area (Å²) in [5.74, 6) is 0.127.